The molecule has 3 rings (SSSR count). The number of carbonyl (C=O) groups excluding carboxylic acids is 3. The van der Waals surface area contributed by atoms with E-state index in [1.165, 1.54) is 31.0 Å². The second-order valence-electron chi connectivity index (χ2n) is 7.27. The van der Waals surface area contributed by atoms with E-state index < -0.39 is 17.4 Å². The molecule has 152 valence electrons. The second kappa shape index (κ2) is 8.86. The van der Waals surface area contributed by atoms with Crippen molar-refractivity contribution in [2.45, 2.75) is 32.2 Å². The summed E-state index contributed by atoms with van der Waals surface area (Å²) in [7, 11) is 2.75. The van der Waals surface area contributed by atoms with E-state index in [4.69, 9.17) is 0 Å². The van der Waals surface area contributed by atoms with Gasteiger partial charge in [0.2, 0.25) is 0 Å². The van der Waals surface area contributed by atoms with E-state index in [0.29, 0.717) is 23.5 Å². The minimum atomic E-state index is -0.525. The molecule has 0 unspecified atom stereocenters. The summed E-state index contributed by atoms with van der Waals surface area (Å²) in [6.45, 7) is 0.175. The number of esters is 1. The first kappa shape index (κ1) is 20.5. The molecule has 1 aliphatic carbocycles. The Morgan fingerprint density at radius 3 is 2.38 bits per heavy atom. The molecule has 7 heteroatoms. The molecule has 29 heavy (non-hydrogen) atoms. The Bertz CT molecular complexity index is 987. The monoisotopic (exact) mass is 396 g/mol. The number of nitrogens with zero attached hydrogens (tertiary/aromatic N) is 1. The van der Waals surface area contributed by atoms with E-state index >= 15 is 0 Å². The highest BCUT2D eigenvalue weighted by Gasteiger charge is 2.23. The number of methoxy groups -OCH3 is 1. The summed E-state index contributed by atoms with van der Waals surface area (Å²) >= 11 is 0. The number of Topliss-reactive ketones (excluding diaryl/α,β-unsaturated/α-hetero) is 1. The number of hydrogen-bond acceptors (Lipinski definition) is 5. The topological polar surface area (TPSA) is 94.5 Å². The van der Waals surface area contributed by atoms with Crippen LogP contribution in [0.15, 0.2) is 41.3 Å². The van der Waals surface area contributed by atoms with Crippen LogP contribution in [-0.4, -0.2) is 36.4 Å². The van der Waals surface area contributed by atoms with Crippen molar-refractivity contribution in [1.82, 2.24) is 9.88 Å². The van der Waals surface area contributed by atoms with Gasteiger partial charge in [0.25, 0.3) is 11.5 Å². The van der Waals surface area contributed by atoms with Gasteiger partial charge >= 0.3 is 5.97 Å². The Balaban J connectivity index is 1.92. The fourth-order valence-electron chi connectivity index (χ4n) is 3.34. The molecule has 0 spiro atoms. The van der Waals surface area contributed by atoms with Gasteiger partial charge in [-0.1, -0.05) is 31.4 Å². The third-order valence-corrected chi connectivity index (χ3v) is 5.31. The van der Waals surface area contributed by atoms with Gasteiger partial charge in [-0.25, -0.2) is 4.79 Å². The molecular weight excluding hydrogens is 372 g/mol. The summed E-state index contributed by atoms with van der Waals surface area (Å²) in [6, 6.07) is 8.02. The molecule has 0 saturated heterocycles. The van der Waals surface area contributed by atoms with Crippen molar-refractivity contribution in [2.75, 3.05) is 14.2 Å². The molecule has 1 N–H and O–H groups in total. The highest BCUT2D eigenvalue weighted by Crippen LogP contribution is 2.30. The van der Waals surface area contributed by atoms with Crippen molar-refractivity contribution in [1.29, 1.82) is 0 Å². The highest BCUT2D eigenvalue weighted by molar-refractivity contribution is 6.00. The standard InChI is InChI=1S/C22H24N2O5/c1-23-20(26)18-11-17(19(25)10-14-4-3-5-14)13-24(21(18)27)12-15-6-8-16(9-7-15)22(28)29-2/h6-9,11,13-14H,3-5,10,12H2,1-2H3,(H,23,26). The first-order chi connectivity index (χ1) is 13.9. The van der Waals surface area contributed by atoms with Crippen molar-refractivity contribution >= 4 is 17.7 Å². The largest absolute Gasteiger partial charge is 0.465 e. The normalized spacial score (nSPS) is 13.4. The lowest BCUT2D eigenvalue weighted by Crippen LogP contribution is -2.32. The number of hydrogen-bond donors (Lipinski definition) is 1. The van der Waals surface area contributed by atoms with Crippen LogP contribution >= 0.6 is 0 Å². The lowest BCUT2D eigenvalue weighted by atomic mass is 9.81. The Labute approximate surface area is 168 Å². The Kier molecular flexibility index (Phi) is 6.26. The van der Waals surface area contributed by atoms with Crippen molar-refractivity contribution in [3.8, 4) is 0 Å². The Morgan fingerprint density at radius 1 is 1.14 bits per heavy atom. The first-order valence-corrected chi connectivity index (χ1v) is 9.60. The number of nitrogens with one attached hydrogen (secondary N) is 1. The molecule has 2 aromatic rings. The summed E-state index contributed by atoms with van der Waals surface area (Å²) in [5.74, 6) is -0.644. The molecule has 1 saturated carbocycles. The summed E-state index contributed by atoms with van der Waals surface area (Å²) < 4.78 is 6.05. The number of ether oxygens (including phenoxy) is 1. The fourth-order valence-corrected chi connectivity index (χ4v) is 3.34. The molecule has 0 bridgehead atoms. The molecule has 0 radical (unpaired) electrons. The summed E-state index contributed by atoms with van der Waals surface area (Å²) in [4.78, 5) is 49.2. The van der Waals surface area contributed by atoms with Crippen molar-refractivity contribution in [3.63, 3.8) is 0 Å². The molecular formula is C22H24N2O5. The number of benzene rings is 1. The van der Waals surface area contributed by atoms with Gasteiger partial charge in [0, 0.05) is 25.2 Å². The van der Waals surface area contributed by atoms with Gasteiger partial charge in [0.15, 0.2) is 5.78 Å². The van der Waals surface area contributed by atoms with Crippen molar-refractivity contribution in [2.24, 2.45) is 5.92 Å². The van der Waals surface area contributed by atoms with Crippen LogP contribution in [0.5, 0.6) is 0 Å². The van der Waals surface area contributed by atoms with Crippen LogP contribution in [0, 0.1) is 5.92 Å². The Morgan fingerprint density at radius 2 is 1.83 bits per heavy atom. The van der Waals surface area contributed by atoms with Crippen LogP contribution in [0.3, 0.4) is 0 Å². The van der Waals surface area contributed by atoms with Crippen molar-refractivity contribution < 1.29 is 19.1 Å². The molecule has 0 atom stereocenters. The zero-order valence-electron chi connectivity index (χ0n) is 16.6. The molecule has 1 aromatic heterocycles. The van der Waals surface area contributed by atoms with E-state index in [1.54, 1.807) is 24.3 Å². The van der Waals surface area contributed by atoms with E-state index in [1.807, 2.05) is 0 Å². The number of ketones is 1. The zero-order chi connectivity index (χ0) is 21.0. The maximum atomic E-state index is 12.8. The number of aromatic nitrogens is 1. The zero-order valence-corrected chi connectivity index (χ0v) is 16.6. The summed E-state index contributed by atoms with van der Waals surface area (Å²) in [6.07, 6.45) is 5.17. The van der Waals surface area contributed by atoms with Gasteiger partial charge in [0.1, 0.15) is 5.56 Å². The Hall–Kier alpha value is -3.22. The van der Waals surface area contributed by atoms with Gasteiger partial charge in [0.05, 0.1) is 19.2 Å². The molecule has 1 amide bonds. The minimum Gasteiger partial charge on any atom is -0.465 e. The van der Waals surface area contributed by atoms with Crippen LogP contribution in [-0.2, 0) is 11.3 Å². The lowest BCUT2D eigenvalue weighted by Gasteiger charge is -2.24. The number of pyridine rings is 1. The van der Waals surface area contributed by atoms with Gasteiger partial charge in [-0.2, -0.15) is 0 Å². The smallest absolute Gasteiger partial charge is 0.337 e. The molecule has 1 aliphatic rings. The molecule has 1 aromatic carbocycles. The van der Waals surface area contributed by atoms with Crippen LogP contribution in [0.2, 0.25) is 0 Å². The molecule has 1 fully saturated rings. The predicted molar refractivity (Wildman–Crippen MR) is 107 cm³/mol. The molecule has 0 aliphatic heterocycles. The fraction of sp³-hybridized carbons (Fsp3) is 0.364. The third-order valence-electron chi connectivity index (χ3n) is 5.31. The maximum absolute atomic E-state index is 12.8. The van der Waals surface area contributed by atoms with Gasteiger partial charge in [-0.05, 0) is 29.7 Å². The van der Waals surface area contributed by atoms with Crippen LogP contribution < -0.4 is 10.9 Å². The number of rotatable bonds is 7. The number of amides is 1. The lowest BCUT2D eigenvalue weighted by molar-refractivity contribution is 0.0600. The van der Waals surface area contributed by atoms with Crippen LogP contribution in [0.1, 0.15) is 62.3 Å². The number of carbonyl (C=O) groups is 3. The maximum Gasteiger partial charge on any atom is 0.337 e. The average Bonchev–Trinajstić information content (AvgIpc) is 2.71. The molecule has 1 heterocycles. The minimum absolute atomic E-state index is 0.0573. The van der Waals surface area contributed by atoms with Gasteiger partial charge in [-0.15, -0.1) is 0 Å². The van der Waals surface area contributed by atoms with Crippen LogP contribution in [0.25, 0.3) is 0 Å². The van der Waals surface area contributed by atoms with Gasteiger partial charge in [-0.3, -0.25) is 14.4 Å². The van der Waals surface area contributed by atoms with E-state index in [-0.39, 0.29) is 17.9 Å². The highest BCUT2D eigenvalue weighted by atomic mass is 16.5. The first-order valence-electron chi connectivity index (χ1n) is 9.60. The summed E-state index contributed by atoms with van der Waals surface area (Å²) in [5.41, 5.74) is 0.992. The van der Waals surface area contributed by atoms with E-state index in [9.17, 15) is 19.2 Å². The average molecular weight is 396 g/mol. The second-order valence-corrected chi connectivity index (χ2v) is 7.27. The van der Waals surface area contributed by atoms with E-state index in [0.717, 1.165) is 24.8 Å². The van der Waals surface area contributed by atoms with Crippen molar-refractivity contribution in [3.05, 3.63) is 69.1 Å². The third kappa shape index (κ3) is 4.62. The predicted octanol–water partition coefficient (Wildman–Crippen LogP) is 2.42. The quantitative estimate of drug-likeness (QED) is 0.573. The van der Waals surface area contributed by atoms with E-state index in [2.05, 4.69) is 10.1 Å². The van der Waals surface area contributed by atoms with Crippen LogP contribution in [0.4, 0.5) is 0 Å². The molecule has 7 nitrogen and oxygen atoms in total. The SMILES string of the molecule is CNC(=O)c1cc(C(=O)CC2CCC2)cn(Cc2ccc(C(=O)OC)cc2)c1=O. The van der Waals surface area contributed by atoms with Gasteiger partial charge < -0.3 is 14.6 Å². The summed E-state index contributed by atoms with van der Waals surface area (Å²) in [5, 5.41) is 2.45.